The van der Waals surface area contributed by atoms with Crippen LogP contribution in [-0.2, 0) is 6.61 Å². The Morgan fingerprint density at radius 1 is 1.73 bits per heavy atom. The van der Waals surface area contributed by atoms with Crippen molar-refractivity contribution in [3.8, 4) is 5.75 Å². The average Bonchev–Trinajstić information content (AvgIpc) is 2.06. The van der Waals surface area contributed by atoms with Crippen molar-refractivity contribution in [2.24, 2.45) is 0 Å². The largest absolute Gasteiger partial charge is 0.491 e. The van der Waals surface area contributed by atoms with Gasteiger partial charge in [0.2, 0.25) is 0 Å². The van der Waals surface area contributed by atoms with Crippen LogP contribution in [0.2, 0.25) is 0 Å². The minimum Gasteiger partial charge on any atom is -0.491 e. The second kappa shape index (κ2) is 3.93. The standard InChI is InChI=1S/C8H10NO2/c1-2-11-8-5-9-4-3-7(8)6-10/h3-4,10H,2,6H2,1H3. The highest BCUT2D eigenvalue weighted by atomic mass is 16.5. The smallest absolute Gasteiger partial charge is 0.152 e. The monoisotopic (exact) mass is 152 g/mol. The molecule has 0 unspecified atom stereocenters. The van der Waals surface area contributed by atoms with Crippen molar-refractivity contribution < 1.29 is 9.84 Å². The van der Waals surface area contributed by atoms with Crippen molar-refractivity contribution in [1.29, 1.82) is 0 Å². The van der Waals surface area contributed by atoms with Crippen molar-refractivity contribution in [2.75, 3.05) is 6.61 Å². The van der Waals surface area contributed by atoms with Gasteiger partial charge in [-0.3, -0.25) is 4.98 Å². The van der Waals surface area contributed by atoms with Gasteiger partial charge in [-0.05, 0) is 13.0 Å². The first-order valence-corrected chi connectivity index (χ1v) is 3.47. The molecule has 1 radical (unpaired) electrons. The van der Waals surface area contributed by atoms with E-state index in [0.29, 0.717) is 12.4 Å². The summed E-state index contributed by atoms with van der Waals surface area (Å²) in [7, 11) is 0. The summed E-state index contributed by atoms with van der Waals surface area (Å²) in [5, 5.41) is 8.82. The molecular weight excluding hydrogens is 142 g/mol. The zero-order valence-electron chi connectivity index (χ0n) is 6.37. The minimum absolute atomic E-state index is 0.0334. The molecular formula is C8H10NO2. The molecule has 0 aliphatic heterocycles. The molecule has 0 saturated carbocycles. The molecule has 59 valence electrons. The lowest BCUT2D eigenvalue weighted by molar-refractivity contribution is 0.266. The van der Waals surface area contributed by atoms with E-state index in [4.69, 9.17) is 9.84 Å². The van der Waals surface area contributed by atoms with Crippen molar-refractivity contribution in [3.05, 3.63) is 24.0 Å². The van der Waals surface area contributed by atoms with Crippen LogP contribution in [0.1, 0.15) is 12.5 Å². The van der Waals surface area contributed by atoms with Crippen LogP contribution >= 0.6 is 0 Å². The Morgan fingerprint density at radius 2 is 2.55 bits per heavy atom. The van der Waals surface area contributed by atoms with Crippen LogP contribution in [0, 0.1) is 6.20 Å². The fourth-order valence-electron chi connectivity index (χ4n) is 0.764. The van der Waals surface area contributed by atoms with E-state index in [1.54, 1.807) is 12.3 Å². The Balaban J connectivity index is 2.83. The first kappa shape index (κ1) is 8.01. The summed E-state index contributed by atoms with van der Waals surface area (Å²) in [6.45, 7) is 2.41. The van der Waals surface area contributed by atoms with Gasteiger partial charge in [0, 0.05) is 11.8 Å². The molecule has 0 aliphatic carbocycles. The van der Waals surface area contributed by atoms with Crippen LogP contribution < -0.4 is 4.74 Å². The highest BCUT2D eigenvalue weighted by molar-refractivity contribution is 5.27. The predicted octanol–water partition coefficient (Wildman–Crippen LogP) is 0.773. The van der Waals surface area contributed by atoms with Gasteiger partial charge >= 0.3 is 0 Å². The SMILES string of the molecule is CCOc1[c]nccc1CO. The second-order valence-electron chi connectivity index (χ2n) is 2.00. The lowest BCUT2D eigenvalue weighted by atomic mass is 10.3. The average molecular weight is 152 g/mol. The molecule has 3 heteroatoms. The summed E-state index contributed by atoms with van der Waals surface area (Å²) < 4.78 is 5.15. The number of aromatic nitrogens is 1. The minimum atomic E-state index is -0.0334. The van der Waals surface area contributed by atoms with Crippen molar-refractivity contribution in [3.63, 3.8) is 0 Å². The van der Waals surface area contributed by atoms with E-state index >= 15 is 0 Å². The summed E-state index contributed by atoms with van der Waals surface area (Å²) in [5.74, 6) is 0.539. The molecule has 0 spiro atoms. The van der Waals surface area contributed by atoms with Crippen LogP contribution in [0.3, 0.4) is 0 Å². The molecule has 0 atom stereocenters. The molecule has 1 N–H and O–H groups in total. The van der Waals surface area contributed by atoms with Gasteiger partial charge < -0.3 is 9.84 Å². The predicted molar refractivity (Wildman–Crippen MR) is 40.2 cm³/mol. The van der Waals surface area contributed by atoms with Gasteiger partial charge in [0.25, 0.3) is 0 Å². The lowest BCUT2D eigenvalue weighted by Gasteiger charge is -2.04. The molecule has 0 saturated heterocycles. The molecule has 0 fully saturated rings. The molecule has 11 heavy (non-hydrogen) atoms. The number of hydrogen-bond acceptors (Lipinski definition) is 3. The Labute approximate surface area is 65.7 Å². The Kier molecular flexibility index (Phi) is 2.86. The van der Waals surface area contributed by atoms with E-state index in [9.17, 15) is 0 Å². The van der Waals surface area contributed by atoms with Gasteiger partial charge in [-0.25, -0.2) is 0 Å². The molecule has 1 heterocycles. The van der Waals surface area contributed by atoms with Crippen LogP contribution in [-0.4, -0.2) is 16.7 Å². The summed E-state index contributed by atoms with van der Waals surface area (Å²) in [5.41, 5.74) is 0.724. The van der Waals surface area contributed by atoms with E-state index in [1.807, 2.05) is 6.92 Å². The van der Waals surface area contributed by atoms with E-state index in [-0.39, 0.29) is 6.61 Å². The Bertz CT molecular complexity index is 225. The zero-order chi connectivity index (χ0) is 8.10. The normalized spacial score (nSPS) is 9.64. The van der Waals surface area contributed by atoms with Gasteiger partial charge in [-0.2, -0.15) is 0 Å². The topological polar surface area (TPSA) is 42.4 Å². The van der Waals surface area contributed by atoms with Crippen molar-refractivity contribution in [2.45, 2.75) is 13.5 Å². The van der Waals surface area contributed by atoms with E-state index in [0.717, 1.165) is 5.56 Å². The third-order valence-corrected chi connectivity index (χ3v) is 1.27. The Hall–Kier alpha value is -1.09. The first-order valence-electron chi connectivity index (χ1n) is 3.47. The maximum absolute atomic E-state index is 8.82. The summed E-state index contributed by atoms with van der Waals surface area (Å²) in [4.78, 5) is 3.75. The maximum Gasteiger partial charge on any atom is 0.152 e. The van der Waals surface area contributed by atoms with Crippen molar-refractivity contribution in [1.82, 2.24) is 4.98 Å². The maximum atomic E-state index is 8.82. The fraction of sp³-hybridized carbons (Fsp3) is 0.375. The highest BCUT2D eigenvalue weighted by Gasteiger charge is 2.00. The molecule has 3 nitrogen and oxygen atoms in total. The van der Waals surface area contributed by atoms with Crippen LogP contribution in [0.15, 0.2) is 12.3 Å². The number of nitrogens with zero attached hydrogens (tertiary/aromatic N) is 1. The van der Waals surface area contributed by atoms with Gasteiger partial charge in [-0.15, -0.1) is 0 Å². The summed E-state index contributed by atoms with van der Waals surface area (Å²) in [6.07, 6.45) is 4.23. The number of rotatable bonds is 3. The third kappa shape index (κ3) is 1.91. The van der Waals surface area contributed by atoms with E-state index < -0.39 is 0 Å². The van der Waals surface area contributed by atoms with Crippen molar-refractivity contribution >= 4 is 0 Å². The number of ether oxygens (including phenoxy) is 1. The van der Waals surface area contributed by atoms with E-state index in [1.165, 1.54) is 0 Å². The molecule has 0 aromatic carbocycles. The van der Waals surface area contributed by atoms with Crippen LogP contribution in [0.25, 0.3) is 0 Å². The number of pyridine rings is 1. The first-order chi connectivity index (χ1) is 5.38. The summed E-state index contributed by atoms with van der Waals surface area (Å²) >= 11 is 0. The second-order valence-corrected chi connectivity index (χ2v) is 2.00. The molecule has 0 amide bonds. The number of aliphatic hydroxyl groups is 1. The van der Waals surface area contributed by atoms with Gasteiger partial charge in [0.05, 0.1) is 13.2 Å². The highest BCUT2D eigenvalue weighted by Crippen LogP contribution is 2.14. The fourth-order valence-corrected chi connectivity index (χ4v) is 0.764. The van der Waals surface area contributed by atoms with E-state index in [2.05, 4.69) is 11.2 Å². The number of aliphatic hydroxyl groups excluding tert-OH is 1. The molecule has 1 aromatic rings. The number of hydrogen-bond donors (Lipinski definition) is 1. The van der Waals surface area contributed by atoms with Crippen LogP contribution in [0.5, 0.6) is 5.75 Å². The zero-order valence-corrected chi connectivity index (χ0v) is 6.37. The Morgan fingerprint density at radius 3 is 3.18 bits per heavy atom. The van der Waals surface area contributed by atoms with Crippen LogP contribution in [0.4, 0.5) is 0 Å². The third-order valence-electron chi connectivity index (χ3n) is 1.27. The lowest BCUT2D eigenvalue weighted by Crippen LogP contribution is -1.97. The molecule has 1 aromatic heterocycles. The molecule has 1 rings (SSSR count). The molecule has 0 bridgehead atoms. The summed E-state index contributed by atoms with van der Waals surface area (Å²) in [6, 6.07) is 1.71. The quantitative estimate of drug-likeness (QED) is 0.695. The molecule has 0 aliphatic rings. The van der Waals surface area contributed by atoms with Gasteiger partial charge in [-0.1, -0.05) is 0 Å². The van der Waals surface area contributed by atoms with Gasteiger partial charge in [0.15, 0.2) is 5.75 Å². The van der Waals surface area contributed by atoms with Gasteiger partial charge in [0.1, 0.15) is 6.20 Å².